The Hall–Kier alpha value is -1.19. The zero-order valence-corrected chi connectivity index (χ0v) is 12.9. The monoisotopic (exact) mass is 274 g/mol. The van der Waals surface area contributed by atoms with E-state index in [0.29, 0.717) is 0 Å². The van der Waals surface area contributed by atoms with Gasteiger partial charge in [0.2, 0.25) is 0 Å². The van der Waals surface area contributed by atoms with E-state index in [1.807, 2.05) is 37.3 Å². The molecule has 3 nitrogen and oxygen atoms in total. The van der Waals surface area contributed by atoms with Crippen molar-refractivity contribution < 1.29 is 4.79 Å². The van der Waals surface area contributed by atoms with Crippen LogP contribution in [0.5, 0.6) is 0 Å². The van der Waals surface area contributed by atoms with Crippen molar-refractivity contribution >= 4 is 5.78 Å². The second-order valence-corrected chi connectivity index (χ2v) is 6.27. The SMILES string of the molecule is CC(CN(C)CC1CCN(C)C1)C(=O)c1ccccc1. The minimum Gasteiger partial charge on any atom is -0.306 e. The lowest BCUT2D eigenvalue weighted by molar-refractivity contribution is 0.0898. The van der Waals surface area contributed by atoms with Gasteiger partial charge in [-0.1, -0.05) is 37.3 Å². The van der Waals surface area contributed by atoms with Crippen molar-refractivity contribution in [1.29, 1.82) is 0 Å². The van der Waals surface area contributed by atoms with E-state index >= 15 is 0 Å². The molecule has 0 bridgehead atoms. The molecular weight excluding hydrogens is 248 g/mol. The van der Waals surface area contributed by atoms with Crippen LogP contribution in [0.1, 0.15) is 23.7 Å². The van der Waals surface area contributed by atoms with Crippen molar-refractivity contribution in [3.8, 4) is 0 Å². The first kappa shape index (κ1) is 15.2. The first-order valence-corrected chi connectivity index (χ1v) is 7.52. The molecule has 1 aromatic rings. The number of nitrogens with zero attached hydrogens (tertiary/aromatic N) is 2. The molecule has 1 heterocycles. The highest BCUT2D eigenvalue weighted by atomic mass is 16.1. The summed E-state index contributed by atoms with van der Waals surface area (Å²) in [5, 5.41) is 0. The molecule has 1 saturated heterocycles. The van der Waals surface area contributed by atoms with Crippen LogP contribution in [-0.4, -0.2) is 55.9 Å². The van der Waals surface area contributed by atoms with Crippen LogP contribution in [-0.2, 0) is 0 Å². The van der Waals surface area contributed by atoms with E-state index < -0.39 is 0 Å². The molecule has 2 rings (SSSR count). The summed E-state index contributed by atoms with van der Waals surface area (Å²) < 4.78 is 0. The summed E-state index contributed by atoms with van der Waals surface area (Å²) >= 11 is 0. The molecule has 1 aromatic carbocycles. The van der Waals surface area contributed by atoms with Gasteiger partial charge < -0.3 is 9.80 Å². The summed E-state index contributed by atoms with van der Waals surface area (Å²) in [6.07, 6.45) is 1.28. The highest BCUT2D eigenvalue weighted by Gasteiger charge is 2.22. The molecule has 0 saturated carbocycles. The Morgan fingerprint density at radius 2 is 2.10 bits per heavy atom. The fourth-order valence-electron chi connectivity index (χ4n) is 3.13. The predicted molar refractivity (Wildman–Crippen MR) is 83.0 cm³/mol. The van der Waals surface area contributed by atoms with Crippen molar-refractivity contribution in [3.05, 3.63) is 35.9 Å². The van der Waals surface area contributed by atoms with Crippen molar-refractivity contribution in [2.24, 2.45) is 11.8 Å². The number of benzene rings is 1. The molecule has 0 radical (unpaired) electrons. The number of hydrogen-bond donors (Lipinski definition) is 0. The minimum atomic E-state index is 0.0570. The van der Waals surface area contributed by atoms with Gasteiger partial charge in [-0.25, -0.2) is 0 Å². The average Bonchev–Trinajstić information content (AvgIpc) is 2.84. The molecule has 1 aliphatic heterocycles. The Kier molecular flexibility index (Phi) is 5.32. The number of carbonyl (C=O) groups is 1. The maximum absolute atomic E-state index is 12.3. The van der Waals surface area contributed by atoms with E-state index in [2.05, 4.69) is 23.9 Å². The number of Topliss-reactive ketones (excluding diaryl/α,β-unsaturated/α-hetero) is 1. The van der Waals surface area contributed by atoms with Gasteiger partial charge in [-0.15, -0.1) is 0 Å². The lowest BCUT2D eigenvalue weighted by Gasteiger charge is -2.23. The molecule has 20 heavy (non-hydrogen) atoms. The van der Waals surface area contributed by atoms with E-state index in [1.165, 1.54) is 19.5 Å². The minimum absolute atomic E-state index is 0.0570. The average molecular weight is 274 g/mol. The molecule has 3 heteroatoms. The van der Waals surface area contributed by atoms with Gasteiger partial charge in [0, 0.05) is 31.1 Å². The molecule has 2 atom stereocenters. The van der Waals surface area contributed by atoms with Gasteiger partial charge >= 0.3 is 0 Å². The highest BCUT2D eigenvalue weighted by Crippen LogP contribution is 2.16. The van der Waals surface area contributed by atoms with Crippen molar-refractivity contribution in [3.63, 3.8) is 0 Å². The van der Waals surface area contributed by atoms with E-state index in [1.54, 1.807) is 0 Å². The topological polar surface area (TPSA) is 23.6 Å². The van der Waals surface area contributed by atoms with Crippen LogP contribution in [0.3, 0.4) is 0 Å². The molecule has 1 fully saturated rings. The number of likely N-dealkylation sites (tertiary alicyclic amines) is 1. The second kappa shape index (κ2) is 7.00. The molecule has 0 amide bonds. The van der Waals surface area contributed by atoms with Gasteiger partial charge in [0.15, 0.2) is 5.78 Å². The summed E-state index contributed by atoms with van der Waals surface area (Å²) in [7, 11) is 4.31. The van der Waals surface area contributed by atoms with Crippen molar-refractivity contribution in [2.45, 2.75) is 13.3 Å². The zero-order chi connectivity index (χ0) is 14.5. The van der Waals surface area contributed by atoms with Gasteiger partial charge in [0.05, 0.1) is 0 Å². The second-order valence-electron chi connectivity index (χ2n) is 6.27. The van der Waals surface area contributed by atoms with Gasteiger partial charge in [-0.05, 0) is 33.0 Å². The molecule has 0 aromatic heterocycles. The van der Waals surface area contributed by atoms with Crippen molar-refractivity contribution in [1.82, 2.24) is 9.80 Å². The molecular formula is C17H26N2O. The zero-order valence-electron chi connectivity index (χ0n) is 12.9. The van der Waals surface area contributed by atoms with Crippen LogP contribution >= 0.6 is 0 Å². The van der Waals surface area contributed by atoms with Gasteiger partial charge in [0.1, 0.15) is 0 Å². The van der Waals surface area contributed by atoms with E-state index in [4.69, 9.17) is 0 Å². The molecule has 0 aliphatic carbocycles. The Balaban J connectivity index is 1.81. The number of carbonyl (C=O) groups excluding carboxylic acids is 1. The predicted octanol–water partition coefficient (Wildman–Crippen LogP) is 2.39. The molecule has 110 valence electrons. The lowest BCUT2D eigenvalue weighted by Crippen LogP contribution is -2.33. The summed E-state index contributed by atoms with van der Waals surface area (Å²) in [6, 6.07) is 9.62. The molecule has 1 aliphatic rings. The standard InChI is InChI=1S/C17H26N2O/c1-14(17(20)16-7-5-4-6-8-16)11-19(3)13-15-9-10-18(2)12-15/h4-8,14-15H,9-13H2,1-3H3. The van der Waals surface area contributed by atoms with Crippen LogP contribution in [0.15, 0.2) is 30.3 Å². The van der Waals surface area contributed by atoms with E-state index in [-0.39, 0.29) is 11.7 Å². The normalized spacial score (nSPS) is 21.3. The summed E-state index contributed by atoms with van der Waals surface area (Å²) in [5.41, 5.74) is 0.828. The van der Waals surface area contributed by atoms with Crippen LogP contribution in [0.25, 0.3) is 0 Å². The first-order chi connectivity index (χ1) is 9.56. The first-order valence-electron chi connectivity index (χ1n) is 7.52. The number of hydrogen-bond acceptors (Lipinski definition) is 3. The molecule has 0 N–H and O–H groups in total. The summed E-state index contributed by atoms with van der Waals surface area (Å²) in [6.45, 7) is 6.36. The van der Waals surface area contributed by atoms with Gasteiger partial charge in [-0.2, -0.15) is 0 Å². The third-order valence-electron chi connectivity index (χ3n) is 4.15. The largest absolute Gasteiger partial charge is 0.306 e. The van der Waals surface area contributed by atoms with Crippen LogP contribution in [0.2, 0.25) is 0 Å². The van der Waals surface area contributed by atoms with E-state index in [9.17, 15) is 4.79 Å². The van der Waals surface area contributed by atoms with E-state index in [0.717, 1.165) is 24.6 Å². The summed E-state index contributed by atoms with van der Waals surface area (Å²) in [4.78, 5) is 17.0. The van der Waals surface area contributed by atoms with Crippen molar-refractivity contribution in [2.75, 3.05) is 40.3 Å². The molecule has 0 spiro atoms. The number of rotatable bonds is 6. The van der Waals surface area contributed by atoms with Crippen LogP contribution in [0, 0.1) is 11.8 Å². The summed E-state index contributed by atoms with van der Waals surface area (Å²) in [5.74, 6) is 1.06. The van der Waals surface area contributed by atoms with Crippen LogP contribution < -0.4 is 0 Å². The highest BCUT2D eigenvalue weighted by molar-refractivity contribution is 5.97. The Morgan fingerprint density at radius 3 is 2.70 bits per heavy atom. The fourth-order valence-corrected chi connectivity index (χ4v) is 3.13. The Morgan fingerprint density at radius 1 is 1.40 bits per heavy atom. The smallest absolute Gasteiger partial charge is 0.166 e. The fraction of sp³-hybridized carbons (Fsp3) is 0.588. The van der Waals surface area contributed by atoms with Gasteiger partial charge in [-0.3, -0.25) is 4.79 Å². The lowest BCUT2D eigenvalue weighted by atomic mass is 9.98. The van der Waals surface area contributed by atoms with Gasteiger partial charge in [0.25, 0.3) is 0 Å². The maximum atomic E-state index is 12.3. The third kappa shape index (κ3) is 4.15. The third-order valence-corrected chi connectivity index (χ3v) is 4.15. The Labute approximate surface area is 122 Å². The maximum Gasteiger partial charge on any atom is 0.166 e. The quantitative estimate of drug-likeness (QED) is 0.744. The number of ketones is 1. The Bertz CT molecular complexity index is 432. The van der Waals surface area contributed by atoms with Crippen LogP contribution in [0.4, 0.5) is 0 Å². The molecule has 2 unspecified atom stereocenters.